The zero-order valence-electron chi connectivity index (χ0n) is 14.2. The highest BCUT2D eigenvalue weighted by molar-refractivity contribution is 5.79. The lowest BCUT2D eigenvalue weighted by atomic mass is 10.00. The highest BCUT2D eigenvalue weighted by Crippen LogP contribution is 2.28. The number of carbonyl (C=O) groups excluding carboxylic acids is 1. The molecular formula is C18H22N6O. The molecule has 0 spiro atoms. The Morgan fingerprint density at radius 2 is 1.96 bits per heavy atom. The van der Waals surface area contributed by atoms with E-state index < -0.39 is 5.54 Å². The number of aromatic nitrogens is 1. The Morgan fingerprint density at radius 1 is 1.24 bits per heavy atom. The maximum Gasteiger partial charge on any atom is 0.235 e. The van der Waals surface area contributed by atoms with Gasteiger partial charge in [-0.15, -0.1) is 0 Å². The number of hydrogen-bond acceptors (Lipinski definition) is 6. The van der Waals surface area contributed by atoms with Crippen molar-refractivity contribution < 1.29 is 4.79 Å². The molecule has 3 rings (SSSR count). The number of pyridine rings is 1. The van der Waals surface area contributed by atoms with E-state index >= 15 is 0 Å². The molecule has 2 heterocycles. The molecule has 1 saturated carbocycles. The summed E-state index contributed by atoms with van der Waals surface area (Å²) in [6.45, 7) is 3.36. The third kappa shape index (κ3) is 4.07. The van der Waals surface area contributed by atoms with E-state index in [4.69, 9.17) is 5.26 Å². The van der Waals surface area contributed by atoms with E-state index in [-0.39, 0.29) is 5.91 Å². The highest BCUT2D eigenvalue weighted by Gasteiger charge is 2.35. The second kappa shape index (κ2) is 7.50. The molecule has 1 aromatic rings. The Bertz CT molecular complexity index is 705. The van der Waals surface area contributed by atoms with Gasteiger partial charge in [-0.05, 0) is 37.8 Å². The number of nitrogens with one attached hydrogen (secondary N) is 1. The smallest absolute Gasteiger partial charge is 0.235 e. The van der Waals surface area contributed by atoms with E-state index in [0.717, 1.165) is 57.7 Å². The Labute approximate surface area is 147 Å². The quantitative estimate of drug-likeness (QED) is 0.881. The summed E-state index contributed by atoms with van der Waals surface area (Å²) in [5.41, 5.74) is -0.0502. The lowest BCUT2D eigenvalue weighted by Gasteiger charge is -2.35. The maximum absolute atomic E-state index is 12.3. The van der Waals surface area contributed by atoms with Crippen molar-refractivity contribution in [3.05, 3.63) is 23.9 Å². The Balaban J connectivity index is 1.50. The van der Waals surface area contributed by atoms with Gasteiger partial charge in [-0.25, -0.2) is 4.98 Å². The number of carbonyl (C=O) groups is 1. The topological polar surface area (TPSA) is 96.1 Å². The van der Waals surface area contributed by atoms with E-state index in [0.29, 0.717) is 12.1 Å². The van der Waals surface area contributed by atoms with Crippen LogP contribution in [0, 0.1) is 22.7 Å². The van der Waals surface area contributed by atoms with Gasteiger partial charge in [-0.3, -0.25) is 9.69 Å². The van der Waals surface area contributed by atoms with E-state index in [1.54, 1.807) is 18.3 Å². The maximum atomic E-state index is 12.3. The third-order valence-corrected chi connectivity index (χ3v) is 4.99. The van der Waals surface area contributed by atoms with Crippen LogP contribution in [-0.4, -0.2) is 54.1 Å². The van der Waals surface area contributed by atoms with Crippen molar-refractivity contribution in [1.82, 2.24) is 15.2 Å². The average molecular weight is 338 g/mol. The minimum Gasteiger partial charge on any atom is -0.354 e. The number of rotatable bonds is 4. The summed E-state index contributed by atoms with van der Waals surface area (Å²) in [6.07, 6.45) is 5.16. The van der Waals surface area contributed by atoms with E-state index in [2.05, 4.69) is 32.2 Å². The van der Waals surface area contributed by atoms with Gasteiger partial charge in [0.2, 0.25) is 5.91 Å². The Morgan fingerprint density at radius 3 is 2.60 bits per heavy atom. The van der Waals surface area contributed by atoms with Crippen molar-refractivity contribution in [2.75, 3.05) is 37.6 Å². The molecule has 2 aliphatic rings. The first-order valence-corrected chi connectivity index (χ1v) is 8.70. The minimum absolute atomic E-state index is 0.0681. The van der Waals surface area contributed by atoms with Gasteiger partial charge in [0.1, 0.15) is 11.4 Å². The van der Waals surface area contributed by atoms with Gasteiger partial charge >= 0.3 is 0 Å². The molecule has 1 amide bonds. The first kappa shape index (κ1) is 17.2. The molecule has 7 nitrogen and oxygen atoms in total. The zero-order chi connectivity index (χ0) is 17.7. The molecule has 1 aromatic heterocycles. The van der Waals surface area contributed by atoms with Crippen LogP contribution in [0.25, 0.3) is 0 Å². The number of anilines is 1. The van der Waals surface area contributed by atoms with Crippen molar-refractivity contribution >= 4 is 11.7 Å². The molecule has 1 aliphatic heterocycles. The van der Waals surface area contributed by atoms with Crippen LogP contribution in [0.15, 0.2) is 18.3 Å². The fraction of sp³-hybridized carbons (Fsp3) is 0.556. The Hall–Kier alpha value is -2.64. The van der Waals surface area contributed by atoms with E-state index in [9.17, 15) is 10.1 Å². The summed E-state index contributed by atoms with van der Waals surface area (Å²) in [4.78, 5) is 20.9. The van der Waals surface area contributed by atoms with Gasteiger partial charge in [0.15, 0.2) is 0 Å². The molecule has 1 N–H and O–H groups in total. The monoisotopic (exact) mass is 338 g/mol. The number of piperazine rings is 1. The molecule has 0 aromatic carbocycles. The number of nitriles is 2. The van der Waals surface area contributed by atoms with Gasteiger partial charge in [0.25, 0.3) is 0 Å². The van der Waals surface area contributed by atoms with Crippen molar-refractivity contribution in [3.8, 4) is 12.1 Å². The molecule has 25 heavy (non-hydrogen) atoms. The summed E-state index contributed by atoms with van der Waals surface area (Å²) in [5, 5.41) is 21.3. The molecule has 1 saturated heterocycles. The summed E-state index contributed by atoms with van der Waals surface area (Å²) in [6, 6.07) is 7.90. The fourth-order valence-corrected chi connectivity index (χ4v) is 3.55. The van der Waals surface area contributed by atoms with E-state index in [1.807, 2.05) is 0 Å². The molecule has 0 unspecified atom stereocenters. The molecule has 1 aliphatic carbocycles. The lowest BCUT2D eigenvalue weighted by Crippen LogP contribution is -2.53. The normalized spacial score (nSPS) is 19.8. The predicted octanol–water partition coefficient (Wildman–Crippen LogP) is 1.03. The Kier molecular flexibility index (Phi) is 5.16. The van der Waals surface area contributed by atoms with Crippen LogP contribution in [0.1, 0.15) is 31.2 Å². The number of hydrogen-bond donors (Lipinski definition) is 1. The third-order valence-electron chi connectivity index (χ3n) is 4.99. The molecule has 7 heteroatoms. The second-order valence-electron chi connectivity index (χ2n) is 6.73. The summed E-state index contributed by atoms with van der Waals surface area (Å²) in [7, 11) is 0. The van der Waals surface area contributed by atoms with Crippen molar-refractivity contribution in [2.45, 2.75) is 31.2 Å². The lowest BCUT2D eigenvalue weighted by molar-refractivity contribution is -0.123. The van der Waals surface area contributed by atoms with Gasteiger partial charge in [0.05, 0.1) is 24.2 Å². The number of nitrogens with zero attached hydrogens (tertiary/aromatic N) is 5. The van der Waals surface area contributed by atoms with Crippen molar-refractivity contribution in [2.24, 2.45) is 0 Å². The summed E-state index contributed by atoms with van der Waals surface area (Å²) in [5.74, 6) is 0.735. The van der Waals surface area contributed by atoms with Gasteiger partial charge in [-0.2, -0.15) is 10.5 Å². The number of amides is 1. The first-order valence-electron chi connectivity index (χ1n) is 8.70. The second-order valence-corrected chi connectivity index (χ2v) is 6.73. The van der Waals surface area contributed by atoms with Gasteiger partial charge in [-0.1, -0.05) is 0 Å². The van der Waals surface area contributed by atoms with Gasteiger partial charge in [0, 0.05) is 32.4 Å². The van der Waals surface area contributed by atoms with Crippen LogP contribution in [-0.2, 0) is 4.79 Å². The molecule has 0 bridgehead atoms. The fourth-order valence-electron chi connectivity index (χ4n) is 3.55. The summed E-state index contributed by atoms with van der Waals surface area (Å²) >= 11 is 0. The minimum atomic E-state index is -0.652. The van der Waals surface area contributed by atoms with Crippen LogP contribution in [0.3, 0.4) is 0 Å². The van der Waals surface area contributed by atoms with Crippen molar-refractivity contribution in [3.63, 3.8) is 0 Å². The zero-order valence-corrected chi connectivity index (χ0v) is 14.2. The summed E-state index contributed by atoms with van der Waals surface area (Å²) < 4.78 is 0. The highest BCUT2D eigenvalue weighted by atomic mass is 16.2. The van der Waals surface area contributed by atoms with Crippen LogP contribution < -0.4 is 10.2 Å². The molecule has 130 valence electrons. The van der Waals surface area contributed by atoms with Crippen LogP contribution in [0.4, 0.5) is 5.82 Å². The van der Waals surface area contributed by atoms with Crippen LogP contribution in [0.5, 0.6) is 0 Å². The van der Waals surface area contributed by atoms with Crippen molar-refractivity contribution in [1.29, 1.82) is 10.5 Å². The predicted molar refractivity (Wildman–Crippen MR) is 92.6 cm³/mol. The standard InChI is InChI=1S/C18H22N6O/c19-12-15-3-6-21-16(11-15)24-9-7-23(8-10-24)13-17(25)22-18(14-20)4-1-2-5-18/h3,6,11H,1-2,4-5,7-10,13H2,(H,22,25). The van der Waals surface area contributed by atoms with Crippen LogP contribution in [0.2, 0.25) is 0 Å². The largest absolute Gasteiger partial charge is 0.354 e. The van der Waals surface area contributed by atoms with Gasteiger partial charge < -0.3 is 10.2 Å². The van der Waals surface area contributed by atoms with Crippen LogP contribution >= 0.6 is 0 Å². The molecule has 0 atom stereocenters. The first-order chi connectivity index (χ1) is 12.1. The SMILES string of the molecule is N#Cc1ccnc(N2CCN(CC(=O)NC3(C#N)CCCC3)CC2)c1. The average Bonchev–Trinajstić information content (AvgIpc) is 3.11. The van der Waals surface area contributed by atoms with E-state index in [1.165, 1.54) is 0 Å². The molecular weight excluding hydrogens is 316 g/mol. The molecule has 2 fully saturated rings. The molecule has 0 radical (unpaired) electrons.